The number of nitro groups is 1. The SMILES string of the molecule is COC(=O)/C=C/c1cc([N+](=O)[O-])ccc1Br. The lowest BCUT2D eigenvalue weighted by Crippen LogP contribution is -1.94. The molecule has 0 aliphatic rings. The van der Waals surface area contributed by atoms with Gasteiger partial charge in [0.1, 0.15) is 0 Å². The highest BCUT2D eigenvalue weighted by Crippen LogP contribution is 2.23. The minimum absolute atomic E-state index is 0.0345. The van der Waals surface area contributed by atoms with Gasteiger partial charge in [0.05, 0.1) is 12.0 Å². The summed E-state index contributed by atoms with van der Waals surface area (Å²) in [5, 5.41) is 10.5. The molecule has 0 spiro atoms. The van der Waals surface area contributed by atoms with Crippen molar-refractivity contribution in [1.29, 1.82) is 0 Å². The van der Waals surface area contributed by atoms with Gasteiger partial charge in [-0.1, -0.05) is 15.9 Å². The molecule has 0 bridgehead atoms. The maximum absolute atomic E-state index is 10.9. The minimum atomic E-state index is -0.515. The van der Waals surface area contributed by atoms with Crippen LogP contribution in [0, 0.1) is 10.1 Å². The molecule has 0 radical (unpaired) electrons. The molecule has 6 heteroatoms. The molecule has 0 atom stereocenters. The smallest absolute Gasteiger partial charge is 0.330 e. The lowest BCUT2D eigenvalue weighted by molar-refractivity contribution is -0.384. The third-order valence-electron chi connectivity index (χ3n) is 1.79. The normalized spacial score (nSPS) is 10.4. The lowest BCUT2D eigenvalue weighted by Gasteiger charge is -1.98. The Hall–Kier alpha value is -1.69. The van der Waals surface area contributed by atoms with E-state index in [4.69, 9.17) is 0 Å². The Morgan fingerprint density at radius 3 is 2.81 bits per heavy atom. The molecular formula is C10H8BrNO4. The summed E-state index contributed by atoms with van der Waals surface area (Å²) in [5.41, 5.74) is 0.507. The number of nitro benzene ring substituents is 1. The second-order valence-corrected chi connectivity index (χ2v) is 3.67. The Bertz CT molecular complexity index is 456. The molecule has 0 aliphatic heterocycles. The van der Waals surface area contributed by atoms with Gasteiger partial charge in [-0.2, -0.15) is 0 Å². The second kappa shape index (κ2) is 5.41. The standard InChI is InChI=1S/C10H8BrNO4/c1-16-10(13)5-2-7-6-8(12(14)15)3-4-9(7)11/h2-6H,1H3/b5-2+. The summed E-state index contributed by atoms with van der Waals surface area (Å²) in [7, 11) is 1.26. The summed E-state index contributed by atoms with van der Waals surface area (Å²) in [4.78, 5) is 20.9. The number of methoxy groups -OCH3 is 1. The molecule has 0 saturated carbocycles. The highest BCUT2D eigenvalue weighted by Gasteiger charge is 2.07. The van der Waals surface area contributed by atoms with Crippen molar-refractivity contribution in [2.24, 2.45) is 0 Å². The van der Waals surface area contributed by atoms with E-state index in [0.717, 1.165) is 0 Å². The first kappa shape index (κ1) is 12.4. The van der Waals surface area contributed by atoms with Gasteiger partial charge in [-0.05, 0) is 17.7 Å². The summed E-state index contributed by atoms with van der Waals surface area (Å²) in [6.07, 6.45) is 2.65. The molecule has 0 aromatic heterocycles. The van der Waals surface area contributed by atoms with E-state index in [1.54, 1.807) is 6.07 Å². The Morgan fingerprint density at radius 1 is 1.56 bits per heavy atom. The van der Waals surface area contributed by atoms with Crippen molar-refractivity contribution < 1.29 is 14.5 Å². The van der Waals surface area contributed by atoms with Crippen molar-refractivity contribution in [3.63, 3.8) is 0 Å². The van der Waals surface area contributed by atoms with Gasteiger partial charge in [0.2, 0.25) is 0 Å². The van der Waals surface area contributed by atoms with Gasteiger partial charge < -0.3 is 4.74 Å². The predicted molar refractivity (Wildman–Crippen MR) is 61.8 cm³/mol. The van der Waals surface area contributed by atoms with Gasteiger partial charge in [-0.15, -0.1) is 0 Å². The van der Waals surface area contributed by atoms with Crippen LogP contribution in [-0.2, 0) is 9.53 Å². The molecule has 1 aromatic carbocycles. The summed E-state index contributed by atoms with van der Waals surface area (Å²) < 4.78 is 5.08. The largest absolute Gasteiger partial charge is 0.466 e. The van der Waals surface area contributed by atoms with E-state index in [1.165, 1.54) is 31.4 Å². The third kappa shape index (κ3) is 3.16. The van der Waals surface area contributed by atoms with Gasteiger partial charge in [0, 0.05) is 22.7 Å². The van der Waals surface area contributed by atoms with Gasteiger partial charge in [0.15, 0.2) is 0 Å². The molecule has 84 valence electrons. The van der Waals surface area contributed by atoms with Crippen molar-refractivity contribution >= 4 is 33.7 Å². The van der Waals surface area contributed by atoms with E-state index in [9.17, 15) is 14.9 Å². The molecule has 0 unspecified atom stereocenters. The molecule has 1 aromatic rings. The number of carbonyl (C=O) groups excluding carboxylic acids is 1. The van der Waals surface area contributed by atoms with Crippen LogP contribution in [0.4, 0.5) is 5.69 Å². The highest BCUT2D eigenvalue weighted by atomic mass is 79.9. The molecule has 5 nitrogen and oxygen atoms in total. The zero-order chi connectivity index (χ0) is 12.1. The number of ether oxygens (including phenoxy) is 1. The number of non-ortho nitro benzene ring substituents is 1. The Morgan fingerprint density at radius 2 is 2.25 bits per heavy atom. The van der Waals surface area contributed by atoms with Crippen molar-refractivity contribution in [3.8, 4) is 0 Å². The quantitative estimate of drug-likeness (QED) is 0.370. The molecule has 0 amide bonds. The number of hydrogen-bond donors (Lipinski definition) is 0. The van der Waals surface area contributed by atoms with E-state index >= 15 is 0 Å². The second-order valence-electron chi connectivity index (χ2n) is 2.82. The molecular weight excluding hydrogens is 278 g/mol. The van der Waals surface area contributed by atoms with Crippen LogP contribution in [0.1, 0.15) is 5.56 Å². The zero-order valence-electron chi connectivity index (χ0n) is 8.34. The van der Waals surface area contributed by atoms with Crippen LogP contribution in [-0.4, -0.2) is 18.0 Å². The molecule has 1 rings (SSSR count). The van der Waals surface area contributed by atoms with Crippen LogP contribution in [0.2, 0.25) is 0 Å². The minimum Gasteiger partial charge on any atom is -0.466 e. The average molecular weight is 286 g/mol. The van der Waals surface area contributed by atoms with Gasteiger partial charge in [-0.3, -0.25) is 10.1 Å². The van der Waals surface area contributed by atoms with Crippen molar-refractivity contribution in [2.45, 2.75) is 0 Å². The van der Waals surface area contributed by atoms with Crippen LogP contribution in [0.15, 0.2) is 28.7 Å². The summed E-state index contributed by atoms with van der Waals surface area (Å²) in [6.45, 7) is 0. The lowest BCUT2D eigenvalue weighted by atomic mass is 10.2. The fraction of sp³-hybridized carbons (Fsp3) is 0.100. The Kier molecular flexibility index (Phi) is 4.19. The molecule has 0 aliphatic carbocycles. The van der Waals surface area contributed by atoms with Gasteiger partial charge in [-0.25, -0.2) is 4.79 Å². The molecule has 0 saturated heterocycles. The van der Waals surface area contributed by atoms with Crippen molar-refractivity contribution in [1.82, 2.24) is 0 Å². The van der Waals surface area contributed by atoms with Crippen LogP contribution in [0.5, 0.6) is 0 Å². The highest BCUT2D eigenvalue weighted by molar-refractivity contribution is 9.10. The first-order chi connectivity index (χ1) is 7.54. The zero-order valence-corrected chi connectivity index (χ0v) is 9.93. The topological polar surface area (TPSA) is 69.4 Å². The number of rotatable bonds is 3. The van der Waals surface area contributed by atoms with Crippen molar-refractivity contribution in [2.75, 3.05) is 7.11 Å². The monoisotopic (exact) mass is 285 g/mol. The Labute approximate surface area is 100.0 Å². The van der Waals surface area contributed by atoms with E-state index in [1.807, 2.05) is 0 Å². The third-order valence-corrected chi connectivity index (χ3v) is 2.51. The number of nitrogens with zero attached hydrogens (tertiary/aromatic N) is 1. The van der Waals surface area contributed by atoms with E-state index < -0.39 is 10.9 Å². The maximum Gasteiger partial charge on any atom is 0.330 e. The maximum atomic E-state index is 10.9. The fourth-order valence-electron chi connectivity index (χ4n) is 0.998. The van der Waals surface area contributed by atoms with E-state index in [2.05, 4.69) is 20.7 Å². The number of carbonyl (C=O) groups is 1. The summed E-state index contributed by atoms with van der Waals surface area (Å²) in [5.74, 6) is -0.515. The van der Waals surface area contributed by atoms with Crippen molar-refractivity contribution in [3.05, 3.63) is 44.4 Å². The summed E-state index contributed by atoms with van der Waals surface area (Å²) >= 11 is 3.23. The fourth-order valence-corrected chi connectivity index (χ4v) is 1.38. The predicted octanol–water partition coefficient (Wildman–Crippen LogP) is 2.54. The number of hydrogen-bond acceptors (Lipinski definition) is 4. The van der Waals surface area contributed by atoms with Crippen LogP contribution in [0.25, 0.3) is 6.08 Å². The van der Waals surface area contributed by atoms with E-state index in [0.29, 0.717) is 10.0 Å². The molecule has 16 heavy (non-hydrogen) atoms. The molecule has 0 N–H and O–H groups in total. The Balaban J connectivity index is 3.03. The number of benzene rings is 1. The van der Waals surface area contributed by atoms with E-state index in [-0.39, 0.29) is 5.69 Å². The van der Waals surface area contributed by atoms with Crippen LogP contribution < -0.4 is 0 Å². The first-order valence-corrected chi connectivity index (χ1v) is 5.04. The molecule has 0 fully saturated rings. The number of halogens is 1. The van der Waals surface area contributed by atoms with Crippen LogP contribution >= 0.6 is 15.9 Å². The molecule has 0 heterocycles. The summed E-state index contributed by atoms with van der Waals surface area (Å²) in [6, 6.07) is 4.29. The first-order valence-electron chi connectivity index (χ1n) is 4.24. The van der Waals surface area contributed by atoms with Gasteiger partial charge in [0.25, 0.3) is 5.69 Å². The number of esters is 1. The average Bonchev–Trinajstić information content (AvgIpc) is 2.27. The van der Waals surface area contributed by atoms with Gasteiger partial charge >= 0.3 is 5.97 Å². The van der Waals surface area contributed by atoms with Crippen LogP contribution in [0.3, 0.4) is 0 Å².